The zero-order chi connectivity index (χ0) is 11.0. The fourth-order valence-electron chi connectivity index (χ4n) is 1.64. The van der Waals surface area contributed by atoms with E-state index in [1.54, 1.807) is 6.20 Å². The first-order valence-electron chi connectivity index (χ1n) is 4.90. The highest BCUT2D eigenvalue weighted by Gasteiger charge is 2.06. The van der Waals surface area contributed by atoms with Crippen LogP contribution in [0.25, 0.3) is 16.8 Å². The molecule has 78 valence electrons. The Balaban J connectivity index is 2.23. The molecule has 0 amide bonds. The van der Waals surface area contributed by atoms with Gasteiger partial charge in [-0.25, -0.2) is 9.50 Å². The summed E-state index contributed by atoms with van der Waals surface area (Å²) in [5, 5.41) is 4.49. The molecule has 0 fully saturated rings. The summed E-state index contributed by atoms with van der Waals surface area (Å²) in [7, 11) is 0. The van der Waals surface area contributed by atoms with Gasteiger partial charge in [-0.2, -0.15) is 5.10 Å². The fourth-order valence-corrected chi connectivity index (χ4v) is 2.05. The van der Waals surface area contributed by atoms with Gasteiger partial charge in [0.05, 0.1) is 11.2 Å². The zero-order valence-electron chi connectivity index (χ0n) is 8.34. The highest BCUT2D eigenvalue weighted by atomic mass is 79.9. The van der Waals surface area contributed by atoms with Gasteiger partial charge in [-0.3, -0.25) is 0 Å². The highest BCUT2D eigenvalue weighted by Crippen LogP contribution is 2.22. The summed E-state index contributed by atoms with van der Waals surface area (Å²) in [4.78, 5) is 4.17. The van der Waals surface area contributed by atoms with Crippen molar-refractivity contribution in [1.82, 2.24) is 14.6 Å². The van der Waals surface area contributed by atoms with E-state index in [0.29, 0.717) is 0 Å². The first-order valence-corrected chi connectivity index (χ1v) is 5.69. The first-order chi connectivity index (χ1) is 7.84. The standard InChI is InChI=1S/C12H8BrN3/c13-12-11-8-10(9-4-2-1-3-5-9)15-16(11)7-6-14-12/h1-8H. The summed E-state index contributed by atoms with van der Waals surface area (Å²) >= 11 is 3.41. The molecule has 16 heavy (non-hydrogen) atoms. The third-order valence-electron chi connectivity index (χ3n) is 2.41. The maximum atomic E-state index is 4.49. The van der Waals surface area contributed by atoms with Crippen LogP contribution in [0.15, 0.2) is 53.4 Å². The monoisotopic (exact) mass is 273 g/mol. The van der Waals surface area contributed by atoms with Crippen molar-refractivity contribution in [2.45, 2.75) is 0 Å². The Morgan fingerprint density at radius 2 is 1.94 bits per heavy atom. The Morgan fingerprint density at radius 1 is 1.12 bits per heavy atom. The Bertz CT molecular complexity index is 631. The van der Waals surface area contributed by atoms with Gasteiger partial charge in [0.15, 0.2) is 0 Å². The zero-order valence-corrected chi connectivity index (χ0v) is 9.92. The molecule has 0 unspecified atom stereocenters. The van der Waals surface area contributed by atoms with Crippen LogP contribution in [0, 0.1) is 0 Å². The highest BCUT2D eigenvalue weighted by molar-refractivity contribution is 9.10. The molecule has 3 nitrogen and oxygen atoms in total. The van der Waals surface area contributed by atoms with Crippen molar-refractivity contribution in [2.75, 3.05) is 0 Å². The number of benzene rings is 1. The molecule has 0 saturated carbocycles. The molecule has 3 aromatic rings. The number of aromatic nitrogens is 3. The van der Waals surface area contributed by atoms with Crippen LogP contribution in [0.3, 0.4) is 0 Å². The number of fused-ring (bicyclic) bond motifs is 1. The summed E-state index contributed by atoms with van der Waals surface area (Å²) in [6.45, 7) is 0. The molecule has 0 aliphatic carbocycles. The Labute approximate surface area is 101 Å². The van der Waals surface area contributed by atoms with Crippen LogP contribution in [-0.4, -0.2) is 14.6 Å². The van der Waals surface area contributed by atoms with Crippen LogP contribution < -0.4 is 0 Å². The van der Waals surface area contributed by atoms with E-state index in [1.165, 1.54) is 0 Å². The predicted octanol–water partition coefficient (Wildman–Crippen LogP) is 3.16. The summed E-state index contributed by atoms with van der Waals surface area (Å²) in [5.41, 5.74) is 3.04. The van der Waals surface area contributed by atoms with Gasteiger partial charge in [-0.15, -0.1) is 0 Å². The molecule has 0 aliphatic rings. The van der Waals surface area contributed by atoms with Crippen molar-refractivity contribution in [3.05, 3.63) is 53.4 Å². The average molecular weight is 274 g/mol. The van der Waals surface area contributed by atoms with Gasteiger partial charge in [0.1, 0.15) is 4.60 Å². The SMILES string of the molecule is Brc1nccn2nc(-c3ccccc3)cc12. The van der Waals surface area contributed by atoms with E-state index in [2.05, 4.69) is 26.0 Å². The molecular formula is C12H8BrN3. The maximum absolute atomic E-state index is 4.49. The molecule has 2 heterocycles. The van der Waals surface area contributed by atoms with Gasteiger partial charge < -0.3 is 0 Å². The van der Waals surface area contributed by atoms with Gasteiger partial charge in [-0.05, 0) is 22.0 Å². The van der Waals surface area contributed by atoms with Gasteiger partial charge in [-0.1, -0.05) is 30.3 Å². The lowest BCUT2D eigenvalue weighted by atomic mass is 10.1. The second-order valence-corrected chi connectivity index (χ2v) is 4.19. The van der Waals surface area contributed by atoms with Crippen LogP contribution in [0.1, 0.15) is 0 Å². The minimum absolute atomic E-state index is 0.810. The molecule has 3 rings (SSSR count). The van der Waals surface area contributed by atoms with Gasteiger partial charge in [0, 0.05) is 18.0 Å². The number of rotatable bonds is 1. The Kier molecular flexibility index (Phi) is 2.22. The van der Waals surface area contributed by atoms with E-state index in [4.69, 9.17) is 0 Å². The summed E-state index contributed by atoms with van der Waals surface area (Å²) in [5.74, 6) is 0. The maximum Gasteiger partial charge on any atom is 0.131 e. The topological polar surface area (TPSA) is 30.2 Å². The number of halogens is 1. The average Bonchev–Trinajstić information content (AvgIpc) is 2.76. The number of nitrogens with zero attached hydrogens (tertiary/aromatic N) is 3. The van der Waals surface area contributed by atoms with Crippen LogP contribution >= 0.6 is 15.9 Å². The van der Waals surface area contributed by atoms with Gasteiger partial charge in [0.25, 0.3) is 0 Å². The van der Waals surface area contributed by atoms with Crippen molar-refractivity contribution >= 4 is 21.4 Å². The van der Waals surface area contributed by atoms with Crippen molar-refractivity contribution in [1.29, 1.82) is 0 Å². The first kappa shape index (κ1) is 9.54. The number of hydrogen-bond donors (Lipinski definition) is 0. The quantitative estimate of drug-likeness (QED) is 0.682. The van der Waals surface area contributed by atoms with E-state index in [9.17, 15) is 0 Å². The molecule has 0 radical (unpaired) electrons. The van der Waals surface area contributed by atoms with Crippen molar-refractivity contribution in [3.8, 4) is 11.3 Å². The molecule has 1 aromatic carbocycles. The van der Waals surface area contributed by atoms with E-state index in [1.807, 2.05) is 47.1 Å². The minimum atomic E-state index is 0.810. The summed E-state index contributed by atoms with van der Waals surface area (Å²) in [6.07, 6.45) is 3.56. The second kappa shape index (κ2) is 3.72. The molecule has 0 saturated heterocycles. The molecule has 0 spiro atoms. The molecular weight excluding hydrogens is 266 g/mol. The molecule has 0 bridgehead atoms. The second-order valence-electron chi connectivity index (χ2n) is 3.44. The minimum Gasteiger partial charge on any atom is -0.245 e. The molecule has 0 atom stereocenters. The van der Waals surface area contributed by atoms with Gasteiger partial charge in [0.2, 0.25) is 0 Å². The molecule has 0 N–H and O–H groups in total. The Morgan fingerprint density at radius 3 is 2.69 bits per heavy atom. The van der Waals surface area contributed by atoms with E-state index in [-0.39, 0.29) is 0 Å². The van der Waals surface area contributed by atoms with Crippen LogP contribution in [-0.2, 0) is 0 Å². The Hall–Kier alpha value is -1.68. The van der Waals surface area contributed by atoms with Crippen LogP contribution in [0.4, 0.5) is 0 Å². The third kappa shape index (κ3) is 1.51. The van der Waals surface area contributed by atoms with Crippen LogP contribution in [0.5, 0.6) is 0 Å². The van der Waals surface area contributed by atoms with Crippen molar-refractivity contribution < 1.29 is 0 Å². The summed E-state index contributed by atoms with van der Waals surface area (Å²) < 4.78 is 2.63. The fraction of sp³-hybridized carbons (Fsp3) is 0. The predicted molar refractivity (Wildman–Crippen MR) is 66.1 cm³/mol. The lowest BCUT2D eigenvalue weighted by Crippen LogP contribution is -1.88. The number of hydrogen-bond acceptors (Lipinski definition) is 2. The largest absolute Gasteiger partial charge is 0.245 e. The molecule has 0 aliphatic heterocycles. The third-order valence-corrected chi connectivity index (χ3v) is 3.02. The van der Waals surface area contributed by atoms with Crippen molar-refractivity contribution in [3.63, 3.8) is 0 Å². The smallest absolute Gasteiger partial charge is 0.131 e. The van der Waals surface area contributed by atoms with Gasteiger partial charge >= 0.3 is 0 Å². The molecule has 4 heteroatoms. The lowest BCUT2D eigenvalue weighted by molar-refractivity contribution is 0.944. The summed E-state index contributed by atoms with van der Waals surface area (Å²) in [6, 6.07) is 12.1. The van der Waals surface area contributed by atoms with Crippen molar-refractivity contribution in [2.24, 2.45) is 0 Å². The van der Waals surface area contributed by atoms with Crippen LogP contribution in [0.2, 0.25) is 0 Å². The van der Waals surface area contributed by atoms with E-state index >= 15 is 0 Å². The molecule has 2 aromatic heterocycles. The van der Waals surface area contributed by atoms with E-state index < -0.39 is 0 Å². The lowest BCUT2D eigenvalue weighted by Gasteiger charge is -1.93. The van der Waals surface area contributed by atoms with E-state index in [0.717, 1.165) is 21.4 Å². The normalized spacial score (nSPS) is 10.8.